The van der Waals surface area contributed by atoms with Crippen LogP contribution in [0.4, 0.5) is 0 Å². The molecule has 0 bridgehead atoms. The van der Waals surface area contributed by atoms with Crippen molar-refractivity contribution < 1.29 is 4.84 Å². The van der Waals surface area contributed by atoms with E-state index in [0.29, 0.717) is 0 Å². The molecule has 15 heavy (non-hydrogen) atoms. The maximum Gasteiger partial charge on any atom is 0.138 e. The molecule has 0 saturated heterocycles. The van der Waals surface area contributed by atoms with Crippen LogP contribution in [0, 0.1) is 0 Å². The van der Waals surface area contributed by atoms with Gasteiger partial charge >= 0.3 is 0 Å². The number of aromatic nitrogens is 3. The van der Waals surface area contributed by atoms with Gasteiger partial charge in [0.1, 0.15) is 22.8 Å². The molecule has 1 aliphatic rings. The van der Waals surface area contributed by atoms with E-state index in [9.17, 15) is 0 Å². The van der Waals surface area contributed by atoms with Gasteiger partial charge in [-0.3, -0.25) is 4.68 Å². The minimum Gasteiger partial charge on any atom is -0.389 e. The average Bonchev–Trinajstić information content (AvgIpc) is 2.69. The summed E-state index contributed by atoms with van der Waals surface area (Å²) in [5.74, 6) is 1.74. The first-order chi connectivity index (χ1) is 7.07. The summed E-state index contributed by atoms with van der Waals surface area (Å²) in [6.07, 6.45) is 2.43. The smallest absolute Gasteiger partial charge is 0.138 e. The number of thioether (sulfide) groups is 1. The van der Waals surface area contributed by atoms with E-state index < -0.39 is 0 Å². The molecule has 0 N–H and O–H groups in total. The molecule has 2 heterocycles. The molecule has 0 radical (unpaired) electrons. The Labute approximate surface area is 92.9 Å². The van der Waals surface area contributed by atoms with Gasteiger partial charge in [-0.2, -0.15) is 5.10 Å². The second-order valence-corrected chi connectivity index (χ2v) is 5.15. The van der Waals surface area contributed by atoms with Crippen molar-refractivity contribution in [2.24, 2.45) is 12.2 Å². The van der Waals surface area contributed by atoms with Gasteiger partial charge in [-0.1, -0.05) is 16.9 Å². The highest BCUT2D eigenvalue weighted by Crippen LogP contribution is 2.28. The maximum atomic E-state index is 5.28. The number of hydrogen-bond acceptors (Lipinski definition) is 5. The Hall–Kier alpha value is -1.04. The Morgan fingerprint density at radius 2 is 2.40 bits per heavy atom. The third-order valence-electron chi connectivity index (χ3n) is 2.14. The van der Waals surface area contributed by atoms with Crippen molar-refractivity contribution in [2.45, 2.75) is 31.6 Å². The van der Waals surface area contributed by atoms with E-state index in [2.05, 4.69) is 15.2 Å². The van der Waals surface area contributed by atoms with Crippen molar-refractivity contribution in [3.63, 3.8) is 0 Å². The Morgan fingerprint density at radius 3 is 2.93 bits per heavy atom. The van der Waals surface area contributed by atoms with Gasteiger partial charge < -0.3 is 4.84 Å². The van der Waals surface area contributed by atoms with Crippen LogP contribution >= 0.6 is 11.8 Å². The van der Waals surface area contributed by atoms with Crippen LogP contribution in [-0.2, 0) is 17.6 Å². The lowest BCUT2D eigenvalue weighted by Gasteiger charge is -2.12. The van der Waals surface area contributed by atoms with Gasteiger partial charge in [0.25, 0.3) is 0 Å². The third-order valence-corrected chi connectivity index (χ3v) is 3.10. The molecule has 0 fully saturated rings. The maximum absolute atomic E-state index is 5.28. The highest BCUT2D eigenvalue weighted by atomic mass is 32.2. The standard InChI is InChI=1S/C9H14N4OS/c1-9(2)4-8(12-14-9)15-5-7-10-6-11-13(7)3/h6H,4-5H2,1-3H3. The molecule has 6 heteroatoms. The van der Waals surface area contributed by atoms with E-state index in [1.165, 1.54) is 0 Å². The molecular weight excluding hydrogens is 212 g/mol. The SMILES string of the molecule is Cn1ncnc1CSC1=NOC(C)(C)C1. The van der Waals surface area contributed by atoms with Crippen LogP contribution in [0.25, 0.3) is 0 Å². The monoisotopic (exact) mass is 226 g/mol. The fourth-order valence-corrected chi connectivity index (χ4v) is 2.38. The zero-order valence-corrected chi connectivity index (χ0v) is 9.91. The highest BCUT2D eigenvalue weighted by molar-refractivity contribution is 8.13. The molecule has 1 aromatic rings. The summed E-state index contributed by atoms with van der Waals surface area (Å²) in [5, 5.41) is 9.08. The number of oxime groups is 1. The molecule has 0 spiro atoms. The number of hydrogen-bond donors (Lipinski definition) is 0. The lowest BCUT2D eigenvalue weighted by atomic mass is 10.1. The highest BCUT2D eigenvalue weighted by Gasteiger charge is 2.29. The van der Waals surface area contributed by atoms with Gasteiger partial charge in [0.15, 0.2) is 0 Å². The minimum atomic E-state index is -0.151. The van der Waals surface area contributed by atoms with E-state index in [-0.39, 0.29) is 5.60 Å². The molecule has 0 unspecified atom stereocenters. The minimum absolute atomic E-state index is 0.151. The van der Waals surface area contributed by atoms with Crippen LogP contribution in [0.15, 0.2) is 11.5 Å². The first-order valence-corrected chi connectivity index (χ1v) is 5.76. The van der Waals surface area contributed by atoms with Gasteiger partial charge in [-0.05, 0) is 13.8 Å². The lowest BCUT2D eigenvalue weighted by molar-refractivity contribution is 0.0123. The summed E-state index contributed by atoms with van der Waals surface area (Å²) in [5.41, 5.74) is -0.151. The molecule has 0 saturated carbocycles. The van der Waals surface area contributed by atoms with Crippen molar-refractivity contribution in [2.75, 3.05) is 0 Å². The molecule has 2 rings (SSSR count). The number of nitrogens with zero attached hydrogens (tertiary/aromatic N) is 4. The summed E-state index contributed by atoms with van der Waals surface area (Å²) < 4.78 is 1.77. The molecule has 0 atom stereocenters. The van der Waals surface area contributed by atoms with Crippen molar-refractivity contribution >= 4 is 16.8 Å². The van der Waals surface area contributed by atoms with Crippen LogP contribution in [0.5, 0.6) is 0 Å². The van der Waals surface area contributed by atoms with Gasteiger partial charge in [0.2, 0.25) is 0 Å². The Morgan fingerprint density at radius 1 is 1.60 bits per heavy atom. The van der Waals surface area contributed by atoms with Crippen LogP contribution < -0.4 is 0 Å². The second kappa shape index (κ2) is 3.84. The van der Waals surface area contributed by atoms with Crippen LogP contribution in [0.2, 0.25) is 0 Å². The predicted octanol–water partition coefficient (Wildman–Crippen LogP) is 1.56. The van der Waals surface area contributed by atoms with Crippen molar-refractivity contribution in [1.82, 2.24) is 14.8 Å². The Balaban J connectivity index is 1.88. The van der Waals surface area contributed by atoms with Gasteiger partial charge in [-0.25, -0.2) is 4.98 Å². The molecule has 82 valence electrons. The van der Waals surface area contributed by atoms with Crippen LogP contribution in [-0.4, -0.2) is 25.4 Å². The molecule has 0 aromatic carbocycles. The summed E-state index contributed by atoms with van der Waals surface area (Å²) in [6.45, 7) is 4.07. The van der Waals surface area contributed by atoms with Crippen molar-refractivity contribution in [3.05, 3.63) is 12.2 Å². The first-order valence-electron chi connectivity index (χ1n) is 4.77. The molecule has 5 nitrogen and oxygen atoms in total. The zero-order valence-electron chi connectivity index (χ0n) is 9.10. The average molecular weight is 226 g/mol. The van der Waals surface area contributed by atoms with E-state index in [1.54, 1.807) is 22.8 Å². The fraction of sp³-hybridized carbons (Fsp3) is 0.667. The topological polar surface area (TPSA) is 52.3 Å². The van der Waals surface area contributed by atoms with Gasteiger partial charge in [-0.15, -0.1) is 0 Å². The van der Waals surface area contributed by atoms with Crippen molar-refractivity contribution in [3.8, 4) is 0 Å². The fourth-order valence-electron chi connectivity index (χ4n) is 1.28. The van der Waals surface area contributed by atoms with E-state index in [1.807, 2.05) is 20.9 Å². The number of aryl methyl sites for hydroxylation is 1. The molecule has 1 aliphatic heterocycles. The van der Waals surface area contributed by atoms with E-state index >= 15 is 0 Å². The third kappa shape index (κ3) is 2.50. The molecule has 0 aliphatic carbocycles. The van der Waals surface area contributed by atoms with E-state index in [0.717, 1.165) is 23.0 Å². The summed E-state index contributed by atoms with van der Waals surface area (Å²) in [4.78, 5) is 9.43. The molecule has 1 aromatic heterocycles. The molecular formula is C9H14N4OS. The normalized spacial score (nSPS) is 18.7. The second-order valence-electron chi connectivity index (χ2n) is 4.10. The van der Waals surface area contributed by atoms with Gasteiger partial charge in [0, 0.05) is 13.5 Å². The summed E-state index contributed by atoms with van der Waals surface area (Å²) in [7, 11) is 1.89. The van der Waals surface area contributed by atoms with Gasteiger partial charge in [0.05, 0.1) is 5.75 Å². The number of rotatable bonds is 2. The van der Waals surface area contributed by atoms with Crippen LogP contribution in [0.1, 0.15) is 26.1 Å². The summed E-state index contributed by atoms with van der Waals surface area (Å²) >= 11 is 1.66. The summed E-state index contributed by atoms with van der Waals surface area (Å²) in [6, 6.07) is 0. The van der Waals surface area contributed by atoms with Crippen LogP contribution in [0.3, 0.4) is 0 Å². The first kappa shape index (κ1) is 10.5. The van der Waals surface area contributed by atoms with Crippen molar-refractivity contribution in [1.29, 1.82) is 0 Å². The Bertz CT molecular complexity index is 385. The lowest BCUT2D eigenvalue weighted by Crippen LogP contribution is -2.18. The zero-order chi connectivity index (χ0) is 10.9. The largest absolute Gasteiger partial charge is 0.389 e. The quantitative estimate of drug-likeness (QED) is 0.768. The Kier molecular flexibility index (Phi) is 2.68. The molecule has 0 amide bonds. The van der Waals surface area contributed by atoms with E-state index in [4.69, 9.17) is 4.84 Å². The predicted molar refractivity (Wildman–Crippen MR) is 59.5 cm³/mol.